The lowest BCUT2D eigenvalue weighted by Crippen LogP contribution is -2.45. The fourth-order valence-corrected chi connectivity index (χ4v) is 0.892. The summed E-state index contributed by atoms with van der Waals surface area (Å²) < 4.78 is 4.85. The molecule has 0 aliphatic carbocycles. The van der Waals surface area contributed by atoms with Crippen molar-refractivity contribution < 1.29 is 14.3 Å². The van der Waals surface area contributed by atoms with Crippen LogP contribution < -0.4 is 10.6 Å². The maximum atomic E-state index is 11.3. The van der Waals surface area contributed by atoms with Crippen molar-refractivity contribution in [1.82, 2.24) is 10.6 Å². The van der Waals surface area contributed by atoms with Crippen molar-refractivity contribution in [2.45, 2.75) is 46.3 Å². The molecule has 88 valence electrons. The molecule has 0 aliphatic heterocycles. The first kappa shape index (κ1) is 13.7. The van der Waals surface area contributed by atoms with Crippen molar-refractivity contribution in [3.05, 3.63) is 0 Å². The second-order valence-corrected chi connectivity index (χ2v) is 3.61. The van der Waals surface area contributed by atoms with Crippen LogP contribution in [0, 0.1) is 0 Å². The Hall–Kier alpha value is -1.26. The first-order valence-electron chi connectivity index (χ1n) is 5.22. The smallest absolute Gasteiger partial charge is 0.408 e. The Balaban J connectivity index is 3.85. The fraction of sp³-hybridized carbons (Fsp3) is 0.800. The third-order valence-corrected chi connectivity index (χ3v) is 1.62. The van der Waals surface area contributed by atoms with E-state index in [4.69, 9.17) is 4.74 Å². The second-order valence-electron chi connectivity index (χ2n) is 3.61. The Kier molecular flexibility index (Phi) is 6.49. The number of alkyl carbamates (subject to hydrolysis) is 1. The lowest BCUT2D eigenvalue weighted by molar-refractivity contribution is -0.122. The Morgan fingerprint density at radius 3 is 2.33 bits per heavy atom. The molecule has 0 rings (SSSR count). The molecule has 0 aliphatic rings. The van der Waals surface area contributed by atoms with E-state index in [9.17, 15) is 9.59 Å². The van der Waals surface area contributed by atoms with Crippen LogP contribution in [0.5, 0.6) is 0 Å². The maximum absolute atomic E-state index is 11.3. The van der Waals surface area contributed by atoms with Crippen molar-refractivity contribution >= 4 is 12.0 Å². The van der Waals surface area contributed by atoms with E-state index in [1.807, 2.05) is 6.92 Å². The van der Waals surface area contributed by atoms with E-state index < -0.39 is 12.1 Å². The van der Waals surface area contributed by atoms with Crippen LogP contribution in [0.4, 0.5) is 4.79 Å². The number of carbonyl (C=O) groups is 2. The summed E-state index contributed by atoms with van der Waals surface area (Å²) in [7, 11) is 0. The van der Waals surface area contributed by atoms with Gasteiger partial charge in [0.05, 0.1) is 6.10 Å². The number of hydrogen-bond acceptors (Lipinski definition) is 3. The van der Waals surface area contributed by atoms with Gasteiger partial charge in [-0.3, -0.25) is 4.79 Å². The molecule has 0 aromatic heterocycles. The largest absolute Gasteiger partial charge is 0.447 e. The molecule has 5 heteroatoms. The molecule has 0 spiro atoms. The highest BCUT2D eigenvalue weighted by Crippen LogP contribution is 1.90. The summed E-state index contributed by atoms with van der Waals surface area (Å²) >= 11 is 0. The number of hydrogen-bond donors (Lipinski definition) is 2. The monoisotopic (exact) mass is 216 g/mol. The molecule has 0 saturated heterocycles. The maximum Gasteiger partial charge on any atom is 0.408 e. The minimum absolute atomic E-state index is 0.184. The molecule has 0 aromatic rings. The normalized spacial score (nSPS) is 12.1. The molecule has 0 bridgehead atoms. The van der Waals surface area contributed by atoms with Crippen molar-refractivity contribution in [3.63, 3.8) is 0 Å². The molecular weight excluding hydrogens is 196 g/mol. The lowest BCUT2D eigenvalue weighted by Gasteiger charge is -2.15. The van der Waals surface area contributed by atoms with Gasteiger partial charge in [-0.25, -0.2) is 4.79 Å². The SMILES string of the molecule is CCCNC(=O)C(C)NC(=O)OC(C)C. The molecule has 15 heavy (non-hydrogen) atoms. The summed E-state index contributed by atoms with van der Waals surface area (Å²) in [6.07, 6.45) is 0.120. The van der Waals surface area contributed by atoms with Gasteiger partial charge in [0.2, 0.25) is 5.91 Å². The van der Waals surface area contributed by atoms with Crippen LogP contribution in [0.25, 0.3) is 0 Å². The molecule has 1 unspecified atom stereocenters. The topological polar surface area (TPSA) is 67.4 Å². The first-order chi connectivity index (χ1) is 6.97. The van der Waals surface area contributed by atoms with Crippen molar-refractivity contribution in [3.8, 4) is 0 Å². The van der Waals surface area contributed by atoms with E-state index in [-0.39, 0.29) is 12.0 Å². The zero-order valence-electron chi connectivity index (χ0n) is 9.79. The molecule has 0 saturated carbocycles. The van der Waals surface area contributed by atoms with E-state index in [1.54, 1.807) is 20.8 Å². The van der Waals surface area contributed by atoms with E-state index in [0.717, 1.165) is 6.42 Å². The van der Waals surface area contributed by atoms with Crippen LogP contribution >= 0.6 is 0 Å². The molecule has 0 fully saturated rings. The molecule has 0 heterocycles. The summed E-state index contributed by atoms with van der Waals surface area (Å²) in [5, 5.41) is 5.13. The van der Waals surface area contributed by atoms with Gasteiger partial charge in [-0.05, 0) is 27.2 Å². The van der Waals surface area contributed by atoms with Crippen molar-refractivity contribution in [2.24, 2.45) is 0 Å². The van der Waals surface area contributed by atoms with E-state index in [1.165, 1.54) is 0 Å². The highest BCUT2D eigenvalue weighted by atomic mass is 16.6. The highest BCUT2D eigenvalue weighted by Gasteiger charge is 2.15. The Bertz CT molecular complexity index is 217. The fourth-order valence-electron chi connectivity index (χ4n) is 0.892. The van der Waals surface area contributed by atoms with Crippen LogP contribution in [0.15, 0.2) is 0 Å². The average molecular weight is 216 g/mol. The predicted octanol–water partition coefficient (Wildman–Crippen LogP) is 1.04. The summed E-state index contributed by atoms with van der Waals surface area (Å²) in [5.74, 6) is -0.197. The molecule has 2 amide bonds. The minimum Gasteiger partial charge on any atom is -0.447 e. The van der Waals surface area contributed by atoms with E-state index in [2.05, 4.69) is 10.6 Å². The van der Waals surface area contributed by atoms with Gasteiger partial charge < -0.3 is 15.4 Å². The number of ether oxygens (including phenoxy) is 1. The van der Waals surface area contributed by atoms with Gasteiger partial charge in [0.25, 0.3) is 0 Å². The Morgan fingerprint density at radius 1 is 1.27 bits per heavy atom. The van der Waals surface area contributed by atoms with Crippen LogP contribution in [0.2, 0.25) is 0 Å². The minimum atomic E-state index is -0.567. The molecule has 1 atom stereocenters. The van der Waals surface area contributed by atoms with Gasteiger partial charge in [-0.15, -0.1) is 0 Å². The zero-order valence-corrected chi connectivity index (χ0v) is 9.79. The lowest BCUT2D eigenvalue weighted by atomic mass is 10.3. The number of rotatable bonds is 5. The van der Waals surface area contributed by atoms with E-state index >= 15 is 0 Å². The van der Waals surface area contributed by atoms with E-state index in [0.29, 0.717) is 6.54 Å². The van der Waals surface area contributed by atoms with Crippen molar-refractivity contribution in [1.29, 1.82) is 0 Å². The van der Waals surface area contributed by atoms with Crippen molar-refractivity contribution in [2.75, 3.05) is 6.54 Å². The van der Waals surface area contributed by atoms with Gasteiger partial charge in [-0.1, -0.05) is 6.92 Å². The number of nitrogens with one attached hydrogen (secondary N) is 2. The van der Waals surface area contributed by atoms with Crippen LogP contribution in [-0.2, 0) is 9.53 Å². The van der Waals surface area contributed by atoms with Gasteiger partial charge in [0.15, 0.2) is 0 Å². The quantitative estimate of drug-likeness (QED) is 0.721. The van der Waals surface area contributed by atoms with Gasteiger partial charge in [0.1, 0.15) is 6.04 Å². The highest BCUT2D eigenvalue weighted by molar-refractivity contribution is 5.85. The Labute approximate surface area is 90.6 Å². The van der Waals surface area contributed by atoms with Crippen LogP contribution in [-0.4, -0.2) is 30.7 Å². The summed E-state index contributed by atoms with van der Waals surface area (Å²) in [5.41, 5.74) is 0. The standard InChI is InChI=1S/C10H20N2O3/c1-5-6-11-9(13)8(4)12-10(14)15-7(2)3/h7-8H,5-6H2,1-4H3,(H,11,13)(H,12,14). The molecular formula is C10H20N2O3. The average Bonchev–Trinajstić information content (AvgIpc) is 2.12. The Morgan fingerprint density at radius 2 is 1.87 bits per heavy atom. The van der Waals surface area contributed by atoms with Crippen LogP contribution in [0.3, 0.4) is 0 Å². The number of amides is 2. The molecule has 0 radical (unpaired) electrons. The zero-order chi connectivity index (χ0) is 11.8. The summed E-state index contributed by atoms with van der Waals surface area (Å²) in [6.45, 7) is 7.70. The molecule has 2 N–H and O–H groups in total. The molecule has 5 nitrogen and oxygen atoms in total. The van der Waals surface area contributed by atoms with Crippen LogP contribution in [0.1, 0.15) is 34.1 Å². The van der Waals surface area contributed by atoms with Gasteiger partial charge in [0, 0.05) is 6.54 Å². The van der Waals surface area contributed by atoms with Gasteiger partial charge in [-0.2, -0.15) is 0 Å². The number of carbonyl (C=O) groups excluding carboxylic acids is 2. The third-order valence-electron chi connectivity index (χ3n) is 1.62. The molecule has 0 aromatic carbocycles. The summed E-state index contributed by atoms with van der Waals surface area (Å²) in [6, 6.07) is -0.567. The predicted molar refractivity (Wildman–Crippen MR) is 57.5 cm³/mol. The van der Waals surface area contributed by atoms with Gasteiger partial charge >= 0.3 is 6.09 Å². The first-order valence-corrected chi connectivity index (χ1v) is 5.22. The summed E-state index contributed by atoms with van der Waals surface area (Å²) in [4.78, 5) is 22.5. The third kappa shape index (κ3) is 6.76. The second kappa shape index (κ2) is 7.09.